The number of hydrogen-bond donors (Lipinski definition) is 3. The van der Waals surface area contributed by atoms with Crippen LogP contribution in [0.3, 0.4) is 0 Å². The van der Waals surface area contributed by atoms with E-state index in [9.17, 15) is 9.90 Å². The largest absolute Gasteiger partial charge is 0.393 e. The standard InChI is InChI=1S/C18H25ClN2O2/c1-11-2-3-13(10-16(11)19)18(23)21-17(14-8-15(22)9-14)12-4-6-20-7-5-12/h2-3,10,12,14-15,17,20,22H,4-9H2,1H3,(H,21,23). The Morgan fingerprint density at radius 3 is 2.61 bits per heavy atom. The molecule has 1 aliphatic carbocycles. The topological polar surface area (TPSA) is 61.4 Å². The zero-order valence-electron chi connectivity index (χ0n) is 13.5. The maximum atomic E-state index is 12.6. The first kappa shape index (κ1) is 16.7. The monoisotopic (exact) mass is 336 g/mol. The smallest absolute Gasteiger partial charge is 0.251 e. The van der Waals surface area contributed by atoms with Crippen LogP contribution in [0.25, 0.3) is 0 Å². The van der Waals surface area contributed by atoms with Gasteiger partial charge in [0.25, 0.3) is 5.91 Å². The summed E-state index contributed by atoms with van der Waals surface area (Å²) in [6.45, 7) is 3.93. The van der Waals surface area contributed by atoms with Gasteiger partial charge in [-0.3, -0.25) is 4.79 Å². The molecule has 2 fully saturated rings. The summed E-state index contributed by atoms with van der Waals surface area (Å²) in [5.74, 6) is 0.813. The summed E-state index contributed by atoms with van der Waals surface area (Å²) in [5.41, 5.74) is 1.58. The molecule has 1 saturated heterocycles. The lowest BCUT2D eigenvalue weighted by Crippen LogP contribution is -2.52. The maximum absolute atomic E-state index is 12.6. The SMILES string of the molecule is Cc1ccc(C(=O)NC(C2CCNCC2)C2CC(O)C2)cc1Cl. The summed E-state index contributed by atoms with van der Waals surface area (Å²) in [4.78, 5) is 12.6. The van der Waals surface area contributed by atoms with Crippen LogP contribution in [0.4, 0.5) is 0 Å². The van der Waals surface area contributed by atoms with Crippen molar-refractivity contribution < 1.29 is 9.90 Å². The number of aliphatic hydroxyl groups excluding tert-OH is 1. The van der Waals surface area contributed by atoms with Crippen molar-refractivity contribution in [3.8, 4) is 0 Å². The zero-order valence-corrected chi connectivity index (χ0v) is 14.3. The number of halogens is 1. The van der Waals surface area contributed by atoms with Gasteiger partial charge in [-0.05, 0) is 75.2 Å². The molecule has 4 nitrogen and oxygen atoms in total. The first-order valence-electron chi connectivity index (χ1n) is 8.50. The molecule has 0 bridgehead atoms. The highest BCUT2D eigenvalue weighted by atomic mass is 35.5. The molecule has 2 aliphatic rings. The molecular formula is C18H25ClN2O2. The Morgan fingerprint density at radius 1 is 1.30 bits per heavy atom. The van der Waals surface area contributed by atoms with Crippen LogP contribution in [0, 0.1) is 18.8 Å². The molecule has 126 valence electrons. The van der Waals surface area contributed by atoms with E-state index in [0.717, 1.165) is 44.3 Å². The second-order valence-corrected chi connectivity index (χ2v) is 7.34. The number of carbonyl (C=O) groups is 1. The van der Waals surface area contributed by atoms with Gasteiger partial charge in [-0.15, -0.1) is 0 Å². The number of carbonyl (C=O) groups excluding carboxylic acids is 1. The molecule has 1 unspecified atom stereocenters. The van der Waals surface area contributed by atoms with E-state index in [1.165, 1.54) is 0 Å². The maximum Gasteiger partial charge on any atom is 0.251 e. The van der Waals surface area contributed by atoms with E-state index in [2.05, 4.69) is 10.6 Å². The lowest BCUT2D eigenvalue weighted by molar-refractivity contribution is 0.00919. The molecule has 1 heterocycles. The molecule has 1 aliphatic heterocycles. The van der Waals surface area contributed by atoms with Gasteiger partial charge in [-0.25, -0.2) is 0 Å². The van der Waals surface area contributed by atoms with Crippen molar-refractivity contribution in [2.24, 2.45) is 11.8 Å². The van der Waals surface area contributed by atoms with Gasteiger partial charge < -0.3 is 15.7 Å². The van der Waals surface area contributed by atoms with Crippen molar-refractivity contribution in [1.29, 1.82) is 0 Å². The minimum atomic E-state index is -0.199. The summed E-state index contributed by atoms with van der Waals surface area (Å²) >= 11 is 6.14. The predicted octanol–water partition coefficient (Wildman–Crippen LogP) is 2.52. The minimum Gasteiger partial charge on any atom is -0.393 e. The molecule has 1 aromatic carbocycles. The third-order valence-electron chi connectivity index (χ3n) is 5.28. The Bertz CT molecular complexity index is 566. The number of amides is 1. The van der Waals surface area contributed by atoms with Crippen molar-refractivity contribution in [2.75, 3.05) is 13.1 Å². The van der Waals surface area contributed by atoms with Gasteiger partial charge in [-0.2, -0.15) is 0 Å². The highest BCUT2D eigenvalue weighted by Gasteiger charge is 2.39. The zero-order chi connectivity index (χ0) is 16.4. The van der Waals surface area contributed by atoms with Gasteiger partial charge in [0.1, 0.15) is 0 Å². The van der Waals surface area contributed by atoms with Crippen LogP contribution in [0.5, 0.6) is 0 Å². The number of rotatable bonds is 4. The lowest BCUT2D eigenvalue weighted by Gasteiger charge is -2.43. The van der Waals surface area contributed by atoms with Crippen LogP contribution in [-0.4, -0.2) is 36.2 Å². The number of benzene rings is 1. The minimum absolute atomic E-state index is 0.0585. The molecular weight excluding hydrogens is 312 g/mol. The van der Waals surface area contributed by atoms with Crippen LogP contribution in [0.1, 0.15) is 41.6 Å². The first-order chi connectivity index (χ1) is 11.0. The highest BCUT2D eigenvalue weighted by molar-refractivity contribution is 6.31. The molecule has 1 saturated carbocycles. The number of hydrogen-bond acceptors (Lipinski definition) is 3. The Balaban J connectivity index is 1.71. The van der Waals surface area contributed by atoms with E-state index >= 15 is 0 Å². The summed E-state index contributed by atoms with van der Waals surface area (Å²) in [5, 5.41) is 16.9. The molecule has 23 heavy (non-hydrogen) atoms. The van der Waals surface area contributed by atoms with Crippen LogP contribution in [0.2, 0.25) is 5.02 Å². The Labute approximate surface area is 142 Å². The average molecular weight is 337 g/mol. The summed E-state index contributed by atoms with van der Waals surface area (Å²) in [7, 11) is 0. The Morgan fingerprint density at radius 2 is 2.00 bits per heavy atom. The summed E-state index contributed by atoms with van der Waals surface area (Å²) in [6.07, 6.45) is 3.54. The predicted molar refractivity (Wildman–Crippen MR) is 91.8 cm³/mol. The molecule has 5 heteroatoms. The van der Waals surface area contributed by atoms with Crippen LogP contribution in [-0.2, 0) is 0 Å². The Hall–Kier alpha value is -1.10. The first-order valence-corrected chi connectivity index (χ1v) is 8.88. The van der Waals surface area contributed by atoms with Gasteiger partial charge in [0, 0.05) is 16.6 Å². The second kappa shape index (κ2) is 7.20. The van der Waals surface area contributed by atoms with Crippen molar-refractivity contribution in [3.63, 3.8) is 0 Å². The summed E-state index contributed by atoms with van der Waals surface area (Å²) in [6, 6.07) is 5.59. The van der Waals surface area contributed by atoms with E-state index in [0.29, 0.717) is 22.4 Å². The number of piperidine rings is 1. The second-order valence-electron chi connectivity index (χ2n) is 6.94. The van der Waals surface area contributed by atoms with Crippen LogP contribution >= 0.6 is 11.6 Å². The fourth-order valence-corrected chi connectivity index (χ4v) is 3.90. The van der Waals surface area contributed by atoms with E-state index in [4.69, 9.17) is 11.6 Å². The third-order valence-corrected chi connectivity index (χ3v) is 5.69. The quantitative estimate of drug-likeness (QED) is 0.791. The van der Waals surface area contributed by atoms with Gasteiger partial charge in [-0.1, -0.05) is 17.7 Å². The van der Waals surface area contributed by atoms with E-state index < -0.39 is 0 Å². The van der Waals surface area contributed by atoms with Crippen LogP contribution in [0.15, 0.2) is 18.2 Å². The fourth-order valence-electron chi connectivity index (χ4n) is 3.72. The normalized spacial score (nSPS) is 26.4. The van der Waals surface area contributed by atoms with E-state index in [1.54, 1.807) is 6.07 Å². The van der Waals surface area contributed by atoms with Gasteiger partial charge in [0.15, 0.2) is 0 Å². The van der Waals surface area contributed by atoms with Gasteiger partial charge in [0.2, 0.25) is 0 Å². The average Bonchev–Trinajstić information content (AvgIpc) is 2.53. The molecule has 3 rings (SSSR count). The number of nitrogens with one attached hydrogen (secondary N) is 2. The molecule has 0 spiro atoms. The van der Waals surface area contributed by atoms with Crippen molar-refractivity contribution >= 4 is 17.5 Å². The number of aliphatic hydroxyl groups is 1. The van der Waals surface area contributed by atoms with E-state index in [-0.39, 0.29) is 18.1 Å². The molecule has 1 atom stereocenters. The molecule has 1 aromatic rings. The Kier molecular flexibility index (Phi) is 5.24. The molecule has 1 amide bonds. The van der Waals surface area contributed by atoms with Crippen molar-refractivity contribution in [2.45, 2.75) is 44.8 Å². The van der Waals surface area contributed by atoms with Crippen molar-refractivity contribution in [1.82, 2.24) is 10.6 Å². The van der Waals surface area contributed by atoms with Gasteiger partial charge in [0.05, 0.1) is 6.10 Å². The summed E-state index contributed by atoms with van der Waals surface area (Å²) < 4.78 is 0. The fraction of sp³-hybridized carbons (Fsp3) is 0.611. The van der Waals surface area contributed by atoms with Crippen molar-refractivity contribution in [3.05, 3.63) is 34.3 Å². The number of aryl methyl sites for hydroxylation is 1. The molecule has 0 radical (unpaired) electrons. The van der Waals surface area contributed by atoms with E-state index in [1.807, 2.05) is 19.1 Å². The molecule has 0 aromatic heterocycles. The molecule has 3 N–H and O–H groups in total. The van der Waals surface area contributed by atoms with Crippen LogP contribution < -0.4 is 10.6 Å². The lowest BCUT2D eigenvalue weighted by atomic mass is 9.71. The third kappa shape index (κ3) is 3.87. The highest BCUT2D eigenvalue weighted by Crippen LogP contribution is 2.36. The van der Waals surface area contributed by atoms with Gasteiger partial charge >= 0.3 is 0 Å².